The summed E-state index contributed by atoms with van der Waals surface area (Å²) in [5, 5.41) is 8.49. The number of hydrogen-bond acceptors (Lipinski definition) is 3. The second-order valence-electron chi connectivity index (χ2n) is 3.17. The Labute approximate surface area is 98.6 Å². The number of aliphatic hydroxyl groups excluding tert-OH is 1. The van der Waals surface area contributed by atoms with Crippen molar-refractivity contribution in [1.29, 1.82) is 0 Å². The van der Waals surface area contributed by atoms with Crippen LogP contribution < -0.4 is 10.5 Å². The summed E-state index contributed by atoms with van der Waals surface area (Å²) in [5.41, 5.74) is 5.57. The molecule has 0 spiro atoms. The summed E-state index contributed by atoms with van der Waals surface area (Å²) in [6, 6.07) is 4.57. The van der Waals surface area contributed by atoms with Crippen molar-refractivity contribution >= 4 is 12.4 Å². The van der Waals surface area contributed by atoms with E-state index in [2.05, 4.69) is 0 Å². The van der Waals surface area contributed by atoms with E-state index in [1.54, 1.807) is 12.1 Å². The highest BCUT2D eigenvalue weighted by molar-refractivity contribution is 5.85. The molecule has 1 rings (SSSR count). The molecule has 0 saturated carbocycles. The van der Waals surface area contributed by atoms with Gasteiger partial charge in [0.1, 0.15) is 12.4 Å². The van der Waals surface area contributed by atoms with E-state index in [0.29, 0.717) is 5.75 Å². The molecule has 0 unspecified atom stereocenters. The van der Waals surface area contributed by atoms with Crippen molar-refractivity contribution in [3.8, 4) is 5.75 Å². The summed E-state index contributed by atoms with van der Waals surface area (Å²) in [7, 11) is 1.44. The van der Waals surface area contributed by atoms with Crippen molar-refractivity contribution < 1.29 is 18.6 Å². The predicted octanol–water partition coefficient (Wildman–Crippen LogP) is 1.74. The van der Waals surface area contributed by atoms with Gasteiger partial charge in [0.15, 0.2) is 0 Å². The van der Waals surface area contributed by atoms with Crippen molar-refractivity contribution in [3.63, 3.8) is 0 Å². The molecule has 1 atom stereocenters. The van der Waals surface area contributed by atoms with Gasteiger partial charge >= 0.3 is 0 Å². The van der Waals surface area contributed by atoms with E-state index in [0.717, 1.165) is 0 Å². The fourth-order valence-corrected chi connectivity index (χ4v) is 1.18. The highest BCUT2D eigenvalue weighted by Gasteiger charge is 2.37. The molecule has 6 heteroatoms. The number of ether oxygens (including phenoxy) is 1. The largest absolute Gasteiger partial charge is 0.497 e. The number of methoxy groups -OCH3 is 1. The Balaban J connectivity index is 0.00000225. The standard InChI is InChI=1S/C10H13F2NO2.ClH/c1-15-8-4-2-3-7(5-8)9(13)10(11,12)6-14;/h2-5,9,14H,6,13H2,1H3;1H/t9-;/m1./s1. The van der Waals surface area contributed by atoms with E-state index < -0.39 is 18.6 Å². The van der Waals surface area contributed by atoms with Gasteiger partial charge in [0.05, 0.1) is 13.2 Å². The van der Waals surface area contributed by atoms with Gasteiger partial charge in [-0.15, -0.1) is 12.4 Å². The topological polar surface area (TPSA) is 55.5 Å². The van der Waals surface area contributed by atoms with Crippen molar-refractivity contribution in [2.45, 2.75) is 12.0 Å². The molecule has 0 radical (unpaired) electrons. The lowest BCUT2D eigenvalue weighted by molar-refractivity contribution is -0.0712. The molecule has 92 valence electrons. The lowest BCUT2D eigenvalue weighted by atomic mass is 10.0. The predicted molar refractivity (Wildman–Crippen MR) is 59.2 cm³/mol. The summed E-state index contributed by atoms with van der Waals surface area (Å²) in [5.74, 6) is -2.87. The molecule has 16 heavy (non-hydrogen) atoms. The van der Waals surface area contributed by atoms with Gasteiger partial charge in [-0.2, -0.15) is 0 Å². The first kappa shape index (κ1) is 15.1. The molecule has 0 saturated heterocycles. The van der Waals surface area contributed by atoms with Crippen LogP contribution in [0.5, 0.6) is 5.75 Å². The first-order chi connectivity index (χ1) is 7.01. The van der Waals surface area contributed by atoms with Crippen LogP contribution in [0.1, 0.15) is 11.6 Å². The van der Waals surface area contributed by atoms with Gasteiger partial charge in [-0.3, -0.25) is 0 Å². The maximum atomic E-state index is 13.1. The second-order valence-corrected chi connectivity index (χ2v) is 3.17. The van der Waals surface area contributed by atoms with Crippen molar-refractivity contribution in [3.05, 3.63) is 29.8 Å². The molecular formula is C10H14ClF2NO2. The van der Waals surface area contributed by atoms with Crippen LogP contribution in [0, 0.1) is 0 Å². The lowest BCUT2D eigenvalue weighted by Gasteiger charge is -2.21. The Hall–Kier alpha value is -0.910. The zero-order valence-electron chi connectivity index (χ0n) is 8.69. The normalized spacial score (nSPS) is 12.8. The van der Waals surface area contributed by atoms with Crippen LogP contribution in [0.3, 0.4) is 0 Å². The third-order valence-electron chi connectivity index (χ3n) is 2.12. The van der Waals surface area contributed by atoms with Crippen LogP contribution in [-0.4, -0.2) is 24.7 Å². The Morgan fingerprint density at radius 1 is 1.50 bits per heavy atom. The number of halogens is 3. The van der Waals surface area contributed by atoms with Crippen LogP contribution in [-0.2, 0) is 0 Å². The first-order valence-electron chi connectivity index (χ1n) is 4.39. The molecule has 0 heterocycles. The fraction of sp³-hybridized carbons (Fsp3) is 0.400. The molecule has 0 aromatic heterocycles. The van der Waals surface area contributed by atoms with E-state index >= 15 is 0 Å². The molecule has 3 N–H and O–H groups in total. The smallest absolute Gasteiger partial charge is 0.289 e. The van der Waals surface area contributed by atoms with E-state index in [4.69, 9.17) is 15.6 Å². The van der Waals surface area contributed by atoms with Crippen LogP contribution in [0.25, 0.3) is 0 Å². The second kappa shape index (κ2) is 5.98. The molecular weight excluding hydrogens is 240 g/mol. The average molecular weight is 254 g/mol. The number of rotatable bonds is 4. The molecule has 0 aliphatic carbocycles. The van der Waals surface area contributed by atoms with Gasteiger partial charge in [-0.05, 0) is 17.7 Å². The first-order valence-corrected chi connectivity index (χ1v) is 4.39. The number of alkyl halides is 2. The van der Waals surface area contributed by atoms with Crippen molar-refractivity contribution in [2.24, 2.45) is 5.73 Å². The zero-order chi connectivity index (χ0) is 11.5. The Morgan fingerprint density at radius 2 is 2.12 bits per heavy atom. The average Bonchev–Trinajstić information content (AvgIpc) is 2.28. The van der Waals surface area contributed by atoms with Crippen LogP contribution in [0.15, 0.2) is 24.3 Å². The summed E-state index contributed by atoms with van der Waals surface area (Å²) >= 11 is 0. The van der Waals surface area contributed by atoms with Gasteiger partial charge in [0, 0.05) is 0 Å². The quantitative estimate of drug-likeness (QED) is 0.860. The van der Waals surface area contributed by atoms with Gasteiger partial charge in [0.2, 0.25) is 0 Å². The van der Waals surface area contributed by atoms with E-state index in [-0.39, 0.29) is 18.0 Å². The number of benzene rings is 1. The molecule has 0 fully saturated rings. The van der Waals surface area contributed by atoms with Crippen molar-refractivity contribution in [2.75, 3.05) is 13.7 Å². The van der Waals surface area contributed by atoms with Crippen molar-refractivity contribution in [1.82, 2.24) is 0 Å². The van der Waals surface area contributed by atoms with E-state index in [1.807, 2.05) is 0 Å². The molecule has 1 aromatic carbocycles. The van der Waals surface area contributed by atoms with Gasteiger partial charge < -0.3 is 15.6 Å². The molecule has 0 amide bonds. The number of hydrogen-bond donors (Lipinski definition) is 2. The summed E-state index contributed by atoms with van der Waals surface area (Å²) in [4.78, 5) is 0. The van der Waals surface area contributed by atoms with Gasteiger partial charge in [0.25, 0.3) is 5.92 Å². The highest BCUT2D eigenvalue weighted by atomic mass is 35.5. The van der Waals surface area contributed by atoms with Gasteiger partial charge in [-0.1, -0.05) is 12.1 Å². The number of aliphatic hydroxyl groups is 1. The van der Waals surface area contributed by atoms with E-state index in [9.17, 15) is 8.78 Å². The van der Waals surface area contributed by atoms with Crippen LogP contribution in [0.4, 0.5) is 8.78 Å². The van der Waals surface area contributed by atoms with Crippen LogP contribution >= 0.6 is 12.4 Å². The summed E-state index contributed by atoms with van der Waals surface area (Å²) < 4.78 is 31.0. The molecule has 3 nitrogen and oxygen atoms in total. The molecule has 0 aliphatic heterocycles. The highest BCUT2D eigenvalue weighted by Crippen LogP contribution is 2.30. The minimum Gasteiger partial charge on any atom is -0.497 e. The molecule has 0 bridgehead atoms. The fourth-order valence-electron chi connectivity index (χ4n) is 1.18. The molecule has 0 aliphatic rings. The number of nitrogens with two attached hydrogens (primary N) is 1. The Morgan fingerprint density at radius 3 is 2.62 bits per heavy atom. The van der Waals surface area contributed by atoms with Gasteiger partial charge in [-0.25, -0.2) is 8.78 Å². The van der Waals surface area contributed by atoms with E-state index in [1.165, 1.54) is 19.2 Å². The maximum absolute atomic E-state index is 13.1. The Kier molecular flexibility index (Phi) is 5.64. The third-order valence-corrected chi connectivity index (χ3v) is 2.12. The molecule has 1 aromatic rings. The zero-order valence-corrected chi connectivity index (χ0v) is 9.51. The minimum atomic E-state index is -3.33. The monoisotopic (exact) mass is 253 g/mol. The Bertz CT molecular complexity index is 336. The summed E-state index contributed by atoms with van der Waals surface area (Å²) in [6.07, 6.45) is 0. The minimum absolute atomic E-state index is 0. The van der Waals surface area contributed by atoms with Crippen LogP contribution in [0.2, 0.25) is 0 Å². The third kappa shape index (κ3) is 3.30. The summed E-state index contributed by atoms with van der Waals surface area (Å²) in [6.45, 7) is -1.27. The SMILES string of the molecule is COc1cccc([C@@H](N)C(F)(F)CO)c1.Cl. The lowest BCUT2D eigenvalue weighted by Crippen LogP contribution is -2.36. The maximum Gasteiger partial charge on any atom is 0.289 e.